The first-order valence-electron chi connectivity index (χ1n) is 7.79. The van der Waals surface area contributed by atoms with E-state index in [0.29, 0.717) is 13.0 Å². The highest BCUT2D eigenvalue weighted by Crippen LogP contribution is 2.34. The van der Waals surface area contributed by atoms with Crippen molar-refractivity contribution in [3.05, 3.63) is 34.3 Å². The SMILES string of the molecule is COC(=O)N[C@H]1C[C@H](c2ccc(Br)cc2)N(C(=O)OC(C)(C)C)C1. The maximum Gasteiger partial charge on any atom is 0.410 e. The molecule has 24 heavy (non-hydrogen) atoms. The number of likely N-dealkylation sites (tertiary alicyclic amines) is 1. The van der Waals surface area contributed by atoms with Crippen molar-refractivity contribution in [1.29, 1.82) is 0 Å². The Hall–Kier alpha value is -1.76. The van der Waals surface area contributed by atoms with E-state index >= 15 is 0 Å². The largest absolute Gasteiger partial charge is 0.453 e. The Balaban J connectivity index is 2.20. The molecule has 7 heteroatoms. The van der Waals surface area contributed by atoms with Crippen LogP contribution < -0.4 is 5.32 Å². The van der Waals surface area contributed by atoms with Crippen molar-refractivity contribution in [2.45, 2.75) is 44.9 Å². The van der Waals surface area contributed by atoms with Crippen LogP contribution in [0.3, 0.4) is 0 Å². The van der Waals surface area contributed by atoms with E-state index in [2.05, 4.69) is 26.0 Å². The highest BCUT2D eigenvalue weighted by atomic mass is 79.9. The summed E-state index contributed by atoms with van der Waals surface area (Å²) in [5.41, 5.74) is 0.424. The van der Waals surface area contributed by atoms with E-state index in [4.69, 9.17) is 4.74 Å². The van der Waals surface area contributed by atoms with Crippen LogP contribution in [0.4, 0.5) is 9.59 Å². The van der Waals surface area contributed by atoms with Gasteiger partial charge in [-0.15, -0.1) is 0 Å². The Bertz CT molecular complexity index is 598. The summed E-state index contributed by atoms with van der Waals surface area (Å²) < 4.78 is 11.1. The summed E-state index contributed by atoms with van der Waals surface area (Å²) in [6, 6.07) is 7.46. The van der Waals surface area contributed by atoms with Crippen LogP contribution in [0.1, 0.15) is 38.8 Å². The summed E-state index contributed by atoms with van der Waals surface area (Å²) in [4.78, 5) is 25.7. The molecule has 6 nitrogen and oxygen atoms in total. The predicted octanol–water partition coefficient (Wildman–Crippen LogP) is 3.86. The van der Waals surface area contributed by atoms with Gasteiger partial charge in [0.25, 0.3) is 0 Å². The lowest BCUT2D eigenvalue weighted by atomic mass is 10.0. The highest BCUT2D eigenvalue weighted by molar-refractivity contribution is 9.10. The molecule has 1 saturated heterocycles. The van der Waals surface area contributed by atoms with Crippen molar-refractivity contribution >= 4 is 28.1 Å². The molecule has 2 rings (SSSR count). The van der Waals surface area contributed by atoms with E-state index in [1.165, 1.54) is 7.11 Å². The number of nitrogens with one attached hydrogen (secondary N) is 1. The molecule has 0 radical (unpaired) electrons. The topological polar surface area (TPSA) is 67.9 Å². The average molecular weight is 399 g/mol. The predicted molar refractivity (Wildman–Crippen MR) is 93.8 cm³/mol. The molecule has 1 N–H and O–H groups in total. The third-order valence-electron chi connectivity index (χ3n) is 3.69. The third kappa shape index (κ3) is 4.87. The number of carbonyl (C=O) groups excluding carboxylic acids is 2. The third-order valence-corrected chi connectivity index (χ3v) is 4.22. The second-order valence-electron chi connectivity index (χ2n) is 6.77. The number of rotatable bonds is 2. The first kappa shape index (κ1) is 18.6. The lowest BCUT2D eigenvalue weighted by molar-refractivity contribution is 0.0221. The molecule has 0 unspecified atom stereocenters. The zero-order valence-electron chi connectivity index (χ0n) is 14.3. The van der Waals surface area contributed by atoms with Crippen molar-refractivity contribution in [2.24, 2.45) is 0 Å². The summed E-state index contributed by atoms with van der Waals surface area (Å²) in [5, 5.41) is 2.77. The summed E-state index contributed by atoms with van der Waals surface area (Å²) in [5.74, 6) is 0. The van der Waals surface area contributed by atoms with Crippen molar-refractivity contribution in [1.82, 2.24) is 10.2 Å². The molecular weight excluding hydrogens is 376 g/mol. The normalized spacial score (nSPS) is 20.6. The molecule has 2 amide bonds. The molecule has 0 aliphatic carbocycles. The zero-order chi connectivity index (χ0) is 17.9. The second-order valence-corrected chi connectivity index (χ2v) is 7.68. The van der Waals surface area contributed by atoms with Crippen LogP contribution in [0.5, 0.6) is 0 Å². The Morgan fingerprint density at radius 2 is 1.88 bits per heavy atom. The van der Waals surface area contributed by atoms with Crippen LogP contribution in [0.25, 0.3) is 0 Å². The zero-order valence-corrected chi connectivity index (χ0v) is 15.9. The van der Waals surface area contributed by atoms with Gasteiger partial charge in [0, 0.05) is 11.0 Å². The molecule has 0 bridgehead atoms. The van der Waals surface area contributed by atoms with E-state index < -0.39 is 11.7 Å². The number of hydrogen-bond donors (Lipinski definition) is 1. The number of hydrogen-bond acceptors (Lipinski definition) is 4. The van der Waals surface area contributed by atoms with Gasteiger partial charge in [-0.1, -0.05) is 28.1 Å². The number of nitrogens with zero attached hydrogens (tertiary/aromatic N) is 1. The number of ether oxygens (including phenoxy) is 2. The standard InChI is InChI=1S/C17H23BrN2O4/c1-17(2,3)24-16(22)20-10-13(19-15(21)23-4)9-14(20)11-5-7-12(18)8-6-11/h5-8,13-14H,9-10H2,1-4H3,(H,19,21)/t13-,14+/m0/s1. The molecule has 1 aliphatic heterocycles. The van der Waals surface area contributed by atoms with Gasteiger partial charge in [0.2, 0.25) is 0 Å². The van der Waals surface area contributed by atoms with Crippen molar-refractivity contribution in [3.8, 4) is 0 Å². The van der Waals surface area contributed by atoms with Gasteiger partial charge < -0.3 is 14.8 Å². The van der Waals surface area contributed by atoms with Crippen molar-refractivity contribution in [3.63, 3.8) is 0 Å². The average Bonchev–Trinajstić information content (AvgIpc) is 2.90. The molecule has 1 aromatic rings. The summed E-state index contributed by atoms with van der Waals surface area (Å²) in [6.07, 6.45) is -0.277. The van der Waals surface area contributed by atoms with Crippen LogP contribution in [-0.2, 0) is 9.47 Å². The van der Waals surface area contributed by atoms with Crippen molar-refractivity contribution < 1.29 is 19.1 Å². The van der Waals surface area contributed by atoms with E-state index in [1.54, 1.807) is 4.90 Å². The lowest BCUT2D eigenvalue weighted by Crippen LogP contribution is -2.40. The van der Waals surface area contributed by atoms with Gasteiger partial charge in [0.1, 0.15) is 5.60 Å². The van der Waals surface area contributed by atoms with Crippen molar-refractivity contribution in [2.75, 3.05) is 13.7 Å². The fourth-order valence-electron chi connectivity index (χ4n) is 2.69. The maximum absolute atomic E-state index is 12.6. The number of benzene rings is 1. The second kappa shape index (κ2) is 7.42. The molecule has 1 heterocycles. The molecule has 2 atom stereocenters. The number of methoxy groups -OCH3 is 1. The fourth-order valence-corrected chi connectivity index (χ4v) is 2.95. The Morgan fingerprint density at radius 3 is 2.42 bits per heavy atom. The maximum atomic E-state index is 12.6. The number of halogens is 1. The van der Waals surface area contributed by atoms with Gasteiger partial charge >= 0.3 is 12.2 Å². The lowest BCUT2D eigenvalue weighted by Gasteiger charge is -2.28. The van der Waals surface area contributed by atoms with E-state index in [0.717, 1.165) is 10.0 Å². The Morgan fingerprint density at radius 1 is 1.25 bits per heavy atom. The molecule has 132 valence electrons. The Kier molecular flexibility index (Phi) is 5.74. The van der Waals surface area contributed by atoms with Gasteiger partial charge in [-0.3, -0.25) is 4.90 Å². The number of amides is 2. The minimum Gasteiger partial charge on any atom is -0.453 e. The van der Waals surface area contributed by atoms with Crippen LogP contribution in [0, 0.1) is 0 Å². The summed E-state index contributed by atoms with van der Waals surface area (Å²) >= 11 is 3.41. The van der Waals surface area contributed by atoms with Crippen LogP contribution in [0.2, 0.25) is 0 Å². The molecule has 0 spiro atoms. The number of alkyl carbamates (subject to hydrolysis) is 1. The first-order chi connectivity index (χ1) is 11.2. The van der Waals surface area contributed by atoms with E-state index in [1.807, 2.05) is 45.0 Å². The fraction of sp³-hybridized carbons (Fsp3) is 0.529. The van der Waals surface area contributed by atoms with Crippen LogP contribution in [-0.4, -0.2) is 42.4 Å². The molecule has 0 saturated carbocycles. The van der Waals surface area contributed by atoms with E-state index in [9.17, 15) is 9.59 Å². The molecular formula is C17H23BrN2O4. The minimum atomic E-state index is -0.574. The minimum absolute atomic E-state index is 0.157. The van der Waals surface area contributed by atoms with Gasteiger partial charge in [-0.2, -0.15) is 0 Å². The smallest absolute Gasteiger partial charge is 0.410 e. The van der Waals surface area contributed by atoms with Gasteiger partial charge in [0.15, 0.2) is 0 Å². The Labute approximate surface area is 150 Å². The molecule has 1 fully saturated rings. The number of carbonyl (C=O) groups is 2. The van der Waals surface area contributed by atoms with E-state index in [-0.39, 0.29) is 18.2 Å². The van der Waals surface area contributed by atoms with Gasteiger partial charge in [-0.05, 0) is 44.9 Å². The molecule has 0 aromatic heterocycles. The van der Waals surface area contributed by atoms with Gasteiger partial charge in [-0.25, -0.2) is 9.59 Å². The highest BCUT2D eigenvalue weighted by Gasteiger charge is 2.39. The molecule has 1 aromatic carbocycles. The summed E-state index contributed by atoms with van der Waals surface area (Å²) in [7, 11) is 1.32. The first-order valence-corrected chi connectivity index (χ1v) is 8.58. The van der Waals surface area contributed by atoms with Crippen LogP contribution in [0.15, 0.2) is 28.7 Å². The van der Waals surface area contributed by atoms with Gasteiger partial charge in [0.05, 0.1) is 19.2 Å². The summed E-state index contributed by atoms with van der Waals surface area (Å²) in [6.45, 7) is 5.88. The monoisotopic (exact) mass is 398 g/mol. The quantitative estimate of drug-likeness (QED) is 0.820. The van der Waals surface area contributed by atoms with Crippen LogP contribution >= 0.6 is 15.9 Å². The molecule has 1 aliphatic rings.